The SMILES string of the molecule is CCNC(=NCc1nc(C)no1)N1CCCC(C)C1.I. The summed E-state index contributed by atoms with van der Waals surface area (Å²) >= 11 is 0. The predicted octanol–water partition coefficient (Wildman–Crippen LogP) is 2.19. The van der Waals surface area contributed by atoms with Crippen LogP contribution in [-0.2, 0) is 6.54 Å². The van der Waals surface area contributed by atoms with Crippen molar-refractivity contribution in [1.29, 1.82) is 0 Å². The summed E-state index contributed by atoms with van der Waals surface area (Å²) in [6, 6.07) is 0. The van der Waals surface area contributed by atoms with Gasteiger partial charge in [0.05, 0.1) is 0 Å². The molecule has 1 aromatic rings. The smallest absolute Gasteiger partial charge is 0.248 e. The molecular weight excluding hydrogens is 369 g/mol. The zero-order valence-electron chi connectivity index (χ0n) is 12.4. The molecule has 0 radical (unpaired) electrons. The van der Waals surface area contributed by atoms with Crippen LogP contribution in [0.3, 0.4) is 0 Å². The van der Waals surface area contributed by atoms with Gasteiger partial charge in [0.25, 0.3) is 0 Å². The van der Waals surface area contributed by atoms with Crippen molar-refractivity contribution in [3.63, 3.8) is 0 Å². The van der Waals surface area contributed by atoms with Crippen LogP contribution in [0.25, 0.3) is 0 Å². The zero-order chi connectivity index (χ0) is 13.7. The second-order valence-corrected chi connectivity index (χ2v) is 5.10. The van der Waals surface area contributed by atoms with E-state index in [-0.39, 0.29) is 24.0 Å². The van der Waals surface area contributed by atoms with E-state index >= 15 is 0 Å². The highest BCUT2D eigenvalue weighted by atomic mass is 127. The monoisotopic (exact) mass is 393 g/mol. The van der Waals surface area contributed by atoms with Crippen LogP contribution in [0.5, 0.6) is 0 Å². The largest absolute Gasteiger partial charge is 0.357 e. The number of halogens is 1. The van der Waals surface area contributed by atoms with Crippen molar-refractivity contribution in [1.82, 2.24) is 20.4 Å². The number of hydrogen-bond donors (Lipinski definition) is 1. The summed E-state index contributed by atoms with van der Waals surface area (Å²) in [5.41, 5.74) is 0. The summed E-state index contributed by atoms with van der Waals surface area (Å²) in [5, 5.41) is 7.11. The normalized spacial score (nSPS) is 19.6. The van der Waals surface area contributed by atoms with Gasteiger partial charge in [-0.3, -0.25) is 0 Å². The van der Waals surface area contributed by atoms with E-state index in [4.69, 9.17) is 4.52 Å². The minimum Gasteiger partial charge on any atom is -0.357 e. The molecule has 0 saturated carbocycles. The molecule has 0 aliphatic carbocycles. The van der Waals surface area contributed by atoms with Gasteiger partial charge < -0.3 is 14.7 Å². The number of likely N-dealkylation sites (tertiary alicyclic amines) is 1. The van der Waals surface area contributed by atoms with Crippen LogP contribution in [0.15, 0.2) is 9.52 Å². The Kier molecular flexibility index (Phi) is 7.25. The fourth-order valence-electron chi connectivity index (χ4n) is 2.35. The third-order valence-corrected chi connectivity index (χ3v) is 3.23. The number of nitrogens with one attached hydrogen (secondary N) is 1. The van der Waals surface area contributed by atoms with Gasteiger partial charge in [0.15, 0.2) is 11.8 Å². The maximum atomic E-state index is 5.09. The lowest BCUT2D eigenvalue weighted by Crippen LogP contribution is -2.46. The van der Waals surface area contributed by atoms with Gasteiger partial charge >= 0.3 is 0 Å². The third kappa shape index (κ3) is 4.92. The van der Waals surface area contributed by atoms with Gasteiger partial charge in [-0.1, -0.05) is 12.1 Å². The van der Waals surface area contributed by atoms with E-state index in [1.807, 2.05) is 6.92 Å². The Morgan fingerprint density at radius 3 is 2.95 bits per heavy atom. The fraction of sp³-hybridized carbons (Fsp3) is 0.769. The summed E-state index contributed by atoms with van der Waals surface area (Å²) in [6.07, 6.45) is 2.53. The molecule has 0 amide bonds. The number of hydrogen-bond acceptors (Lipinski definition) is 4. The van der Waals surface area contributed by atoms with Crippen LogP contribution < -0.4 is 5.32 Å². The molecule has 7 heteroatoms. The van der Waals surface area contributed by atoms with Crippen molar-refractivity contribution in [3.8, 4) is 0 Å². The zero-order valence-corrected chi connectivity index (χ0v) is 14.8. The topological polar surface area (TPSA) is 66.5 Å². The van der Waals surface area contributed by atoms with Crippen LogP contribution in [0.1, 0.15) is 38.4 Å². The second-order valence-electron chi connectivity index (χ2n) is 5.10. The maximum absolute atomic E-state index is 5.09. The molecule has 0 spiro atoms. The first-order valence-corrected chi connectivity index (χ1v) is 7.01. The van der Waals surface area contributed by atoms with Crippen molar-refractivity contribution in [2.24, 2.45) is 10.9 Å². The molecule has 1 aromatic heterocycles. The van der Waals surface area contributed by atoms with Crippen molar-refractivity contribution < 1.29 is 4.52 Å². The van der Waals surface area contributed by atoms with Gasteiger partial charge in [-0.25, -0.2) is 4.99 Å². The van der Waals surface area contributed by atoms with Gasteiger partial charge in [0.2, 0.25) is 5.89 Å². The highest BCUT2D eigenvalue weighted by Crippen LogP contribution is 2.15. The van der Waals surface area contributed by atoms with E-state index in [0.29, 0.717) is 18.3 Å². The Morgan fingerprint density at radius 1 is 1.55 bits per heavy atom. The first-order valence-electron chi connectivity index (χ1n) is 7.01. The molecular formula is C13H24IN5O. The lowest BCUT2D eigenvalue weighted by molar-refractivity contribution is 0.265. The van der Waals surface area contributed by atoms with E-state index in [0.717, 1.165) is 31.5 Å². The van der Waals surface area contributed by atoms with E-state index in [1.54, 1.807) is 0 Å². The van der Waals surface area contributed by atoms with Gasteiger partial charge in [-0.15, -0.1) is 24.0 Å². The molecule has 20 heavy (non-hydrogen) atoms. The highest BCUT2D eigenvalue weighted by Gasteiger charge is 2.19. The summed E-state index contributed by atoms with van der Waals surface area (Å²) in [5.74, 6) is 2.90. The quantitative estimate of drug-likeness (QED) is 0.485. The molecule has 114 valence electrons. The van der Waals surface area contributed by atoms with Crippen molar-refractivity contribution >= 4 is 29.9 Å². The maximum Gasteiger partial charge on any atom is 0.248 e. The second kappa shape index (κ2) is 8.43. The number of nitrogens with zero attached hydrogens (tertiary/aromatic N) is 4. The number of piperidine rings is 1. The molecule has 0 bridgehead atoms. The van der Waals surface area contributed by atoms with Crippen molar-refractivity contribution in [3.05, 3.63) is 11.7 Å². The molecule has 1 atom stereocenters. The molecule has 1 aliphatic heterocycles. The lowest BCUT2D eigenvalue weighted by Gasteiger charge is -2.33. The summed E-state index contributed by atoms with van der Waals surface area (Å²) < 4.78 is 5.09. The molecule has 1 fully saturated rings. The van der Waals surface area contributed by atoms with Crippen LogP contribution in [-0.4, -0.2) is 40.6 Å². The Hall–Kier alpha value is -0.860. The van der Waals surface area contributed by atoms with Crippen LogP contribution in [0, 0.1) is 12.8 Å². The first kappa shape index (κ1) is 17.2. The van der Waals surface area contributed by atoms with Crippen molar-refractivity contribution in [2.75, 3.05) is 19.6 Å². The Bertz CT molecular complexity index is 434. The minimum absolute atomic E-state index is 0. The Balaban J connectivity index is 0.00000200. The fourth-order valence-corrected chi connectivity index (χ4v) is 2.35. The van der Waals surface area contributed by atoms with Crippen LogP contribution in [0.4, 0.5) is 0 Å². The average Bonchev–Trinajstić information content (AvgIpc) is 2.80. The molecule has 2 heterocycles. The van der Waals surface area contributed by atoms with E-state index in [1.165, 1.54) is 12.8 Å². The molecule has 6 nitrogen and oxygen atoms in total. The van der Waals surface area contributed by atoms with E-state index in [2.05, 4.69) is 39.2 Å². The molecule has 2 rings (SSSR count). The lowest BCUT2D eigenvalue weighted by atomic mass is 10.0. The standard InChI is InChI=1S/C13H23N5O.HI/c1-4-14-13(18-7-5-6-10(2)9-18)15-8-12-16-11(3)17-19-12;/h10H,4-9H2,1-3H3,(H,14,15);1H. The molecule has 1 aliphatic rings. The molecule has 0 aromatic carbocycles. The molecule has 1 N–H and O–H groups in total. The number of aliphatic imine (C=N–C) groups is 1. The average molecular weight is 393 g/mol. The summed E-state index contributed by atoms with van der Waals surface area (Å²) in [6.45, 7) is 9.62. The highest BCUT2D eigenvalue weighted by molar-refractivity contribution is 14.0. The van der Waals surface area contributed by atoms with Gasteiger partial charge in [-0.2, -0.15) is 4.98 Å². The summed E-state index contributed by atoms with van der Waals surface area (Å²) in [7, 11) is 0. The Labute approximate surface area is 137 Å². The number of rotatable bonds is 3. The Morgan fingerprint density at radius 2 is 2.35 bits per heavy atom. The first-order chi connectivity index (χ1) is 9.19. The molecule has 1 unspecified atom stereocenters. The number of guanidine groups is 1. The van der Waals surface area contributed by atoms with Crippen LogP contribution >= 0.6 is 24.0 Å². The van der Waals surface area contributed by atoms with Gasteiger partial charge in [0.1, 0.15) is 6.54 Å². The summed E-state index contributed by atoms with van der Waals surface area (Å²) in [4.78, 5) is 11.1. The van der Waals surface area contributed by atoms with Crippen LogP contribution in [0.2, 0.25) is 0 Å². The van der Waals surface area contributed by atoms with Gasteiger partial charge in [0, 0.05) is 19.6 Å². The number of aromatic nitrogens is 2. The van der Waals surface area contributed by atoms with E-state index < -0.39 is 0 Å². The predicted molar refractivity (Wildman–Crippen MR) is 89.2 cm³/mol. The third-order valence-electron chi connectivity index (χ3n) is 3.23. The minimum atomic E-state index is 0. The van der Waals surface area contributed by atoms with Gasteiger partial charge in [-0.05, 0) is 32.6 Å². The molecule has 1 saturated heterocycles. The van der Waals surface area contributed by atoms with Crippen molar-refractivity contribution in [2.45, 2.75) is 40.2 Å². The number of aryl methyl sites for hydroxylation is 1. The van der Waals surface area contributed by atoms with E-state index in [9.17, 15) is 0 Å².